The number of nitrogens with zero attached hydrogens (tertiary/aromatic N) is 4. The Morgan fingerprint density at radius 3 is 2.89 bits per heavy atom. The third-order valence-electron chi connectivity index (χ3n) is 2.78. The van der Waals surface area contributed by atoms with E-state index in [2.05, 4.69) is 15.0 Å². The Bertz CT molecular complexity index is 669. The largest absolute Gasteiger partial charge is 0.393 e. The predicted octanol–water partition coefficient (Wildman–Crippen LogP) is -0.266. The standard InChI is InChI=1S/C10H11FN6O2/c11-5-1-4(2-18)19-9(5)17-3-14-6-7(12)15-10(13)16-8(6)17/h1,3-4,9,18H,2H2,(H4,12,13,15,16)/t4-,9-/m1/s1. The number of rotatable bonds is 2. The van der Waals surface area contributed by atoms with Crippen molar-refractivity contribution in [2.24, 2.45) is 0 Å². The second kappa shape index (κ2) is 4.14. The number of imidazole rings is 1. The van der Waals surface area contributed by atoms with Crippen LogP contribution >= 0.6 is 0 Å². The van der Waals surface area contributed by atoms with Gasteiger partial charge in [-0.05, 0) is 6.08 Å². The SMILES string of the molecule is Nc1nc(N)c2ncn([C@@H]3O[C@@H](CO)C=C3F)c2n1. The molecule has 0 aromatic carbocycles. The molecule has 0 fully saturated rings. The van der Waals surface area contributed by atoms with Crippen LogP contribution in [-0.4, -0.2) is 37.3 Å². The van der Waals surface area contributed by atoms with Crippen molar-refractivity contribution in [3.05, 3.63) is 18.2 Å². The molecule has 1 aliphatic rings. The molecular formula is C10H11FN6O2. The van der Waals surface area contributed by atoms with E-state index in [1.54, 1.807) is 0 Å². The Labute approximate surface area is 106 Å². The molecule has 19 heavy (non-hydrogen) atoms. The number of nitrogen functional groups attached to an aromatic ring is 2. The summed E-state index contributed by atoms with van der Waals surface area (Å²) in [7, 11) is 0. The molecule has 9 heteroatoms. The highest BCUT2D eigenvalue weighted by Gasteiger charge is 2.30. The van der Waals surface area contributed by atoms with Gasteiger partial charge in [-0.2, -0.15) is 9.97 Å². The van der Waals surface area contributed by atoms with Gasteiger partial charge in [-0.15, -0.1) is 0 Å². The number of nitrogens with two attached hydrogens (primary N) is 2. The molecule has 8 nitrogen and oxygen atoms in total. The van der Waals surface area contributed by atoms with Crippen LogP contribution in [0.1, 0.15) is 6.23 Å². The van der Waals surface area contributed by atoms with Gasteiger partial charge < -0.3 is 21.3 Å². The maximum Gasteiger partial charge on any atom is 0.224 e. The molecule has 3 rings (SSSR count). The zero-order valence-electron chi connectivity index (χ0n) is 9.69. The Morgan fingerprint density at radius 1 is 1.42 bits per heavy atom. The van der Waals surface area contributed by atoms with Crippen LogP contribution in [-0.2, 0) is 4.74 Å². The van der Waals surface area contributed by atoms with Crippen molar-refractivity contribution in [1.29, 1.82) is 0 Å². The van der Waals surface area contributed by atoms with E-state index in [-0.39, 0.29) is 24.0 Å². The maximum atomic E-state index is 13.8. The first-order valence-corrected chi connectivity index (χ1v) is 5.49. The molecule has 2 aromatic heterocycles. The molecule has 0 saturated carbocycles. The van der Waals surface area contributed by atoms with E-state index in [9.17, 15) is 4.39 Å². The molecular weight excluding hydrogens is 255 g/mol. The zero-order chi connectivity index (χ0) is 13.6. The Balaban J connectivity index is 2.10. The first kappa shape index (κ1) is 11.8. The van der Waals surface area contributed by atoms with Gasteiger partial charge in [0.1, 0.15) is 17.4 Å². The van der Waals surface area contributed by atoms with Crippen LogP contribution in [0.2, 0.25) is 0 Å². The van der Waals surface area contributed by atoms with Crippen molar-refractivity contribution in [3.8, 4) is 0 Å². The van der Waals surface area contributed by atoms with Crippen LogP contribution in [0, 0.1) is 0 Å². The summed E-state index contributed by atoms with van der Waals surface area (Å²) < 4.78 is 20.5. The fourth-order valence-corrected chi connectivity index (χ4v) is 1.95. The number of fused-ring (bicyclic) bond motifs is 1. The molecule has 100 valence electrons. The van der Waals surface area contributed by atoms with E-state index >= 15 is 0 Å². The zero-order valence-corrected chi connectivity index (χ0v) is 9.69. The number of halogens is 1. The number of aliphatic hydroxyl groups excluding tert-OH is 1. The summed E-state index contributed by atoms with van der Waals surface area (Å²) in [5.41, 5.74) is 11.8. The lowest BCUT2D eigenvalue weighted by atomic mass is 10.3. The predicted molar refractivity (Wildman–Crippen MR) is 64.3 cm³/mol. The van der Waals surface area contributed by atoms with Crippen molar-refractivity contribution in [2.75, 3.05) is 18.1 Å². The third-order valence-corrected chi connectivity index (χ3v) is 2.78. The fourth-order valence-electron chi connectivity index (χ4n) is 1.95. The lowest BCUT2D eigenvalue weighted by molar-refractivity contribution is -0.0174. The average Bonchev–Trinajstić information content (AvgIpc) is 2.92. The number of hydrogen-bond donors (Lipinski definition) is 3. The van der Waals surface area contributed by atoms with Crippen LogP contribution < -0.4 is 11.5 Å². The lowest BCUT2D eigenvalue weighted by Gasteiger charge is -2.14. The van der Waals surface area contributed by atoms with Gasteiger partial charge in [-0.1, -0.05) is 0 Å². The number of aromatic nitrogens is 4. The van der Waals surface area contributed by atoms with Crippen LogP contribution in [0.15, 0.2) is 18.2 Å². The molecule has 0 bridgehead atoms. The molecule has 0 radical (unpaired) electrons. The second-order valence-electron chi connectivity index (χ2n) is 4.05. The molecule has 1 aliphatic heterocycles. The molecule has 2 atom stereocenters. The normalized spacial score (nSPS) is 22.9. The van der Waals surface area contributed by atoms with E-state index in [4.69, 9.17) is 21.3 Å². The quantitative estimate of drug-likeness (QED) is 0.683. The molecule has 3 heterocycles. The molecule has 0 aliphatic carbocycles. The highest BCUT2D eigenvalue weighted by atomic mass is 19.1. The van der Waals surface area contributed by atoms with Crippen molar-refractivity contribution in [3.63, 3.8) is 0 Å². The van der Waals surface area contributed by atoms with Crippen molar-refractivity contribution in [2.45, 2.75) is 12.3 Å². The second-order valence-corrected chi connectivity index (χ2v) is 4.05. The van der Waals surface area contributed by atoms with E-state index < -0.39 is 18.2 Å². The minimum Gasteiger partial charge on any atom is -0.393 e. The summed E-state index contributed by atoms with van der Waals surface area (Å²) in [6, 6.07) is 0. The Morgan fingerprint density at radius 2 is 2.21 bits per heavy atom. The summed E-state index contributed by atoms with van der Waals surface area (Å²) in [6.45, 7) is -0.310. The number of hydrogen-bond acceptors (Lipinski definition) is 7. The first-order valence-electron chi connectivity index (χ1n) is 5.49. The van der Waals surface area contributed by atoms with Crippen LogP contribution in [0.4, 0.5) is 16.2 Å². The number of ether oxygens (including phenoxy) is 1. The topological polar surface area (TPSA) is 125 Å². The first-order chi connectivity index (χ1) is 9.10. The smallest absolute Gasteiger partial charge is 0.224 e. The summed E-state index contributed by atoms with van der Waals surface area (Å²) in [6.07, 6.45) is 0.812. The lowest BCUT2D eigenvalue weighted by Crippen LogP contribution is -2.16. The highest BCUT2D eigenvalue weighted by molar-refractivity contribution is 5.82. The van der Waals surface area contributed by atoms with Gasteiger partial charge in [0.25, 0.3) is 0 Å². The van der Waals surface area contributed by atoms with Crippen LogP contribution in [0.25, 0.3) is 11.2 Å². The highest BCUT2D eigenvalue weighted by Crippen LogP contribution is 2.32. The minimum absolute atomic E-state index is 0.0344. The van der Waals surface area contributed by atoms with Gasteiger partial charge in [-0.3, -0.25) is 4.57 Å². The van der Waals surface area contributed by atoms with Gasteiger partial charge >= 0.3 is 0 Å². The van der Waals surface area contributed by atoms with E-state index in [0.29, 0.717) is 5.52 Å². The number of anilines is 2. The van der Waals surface area contributed by atoms with Crippen molar-refractivity contribution < 1.29 is 14.2 Å². The minimum atomic E-state index is -1.03. The Hall–Kier alpha value is -2.26. The average molecular weight is 266 g/mol. The summed E-state index contributed by atoms with van der Waals surface area (Å²) in [5, 5.41) is 8.97. The van der Waals surface area contributed by atoms with Crippen LogP contribution in [0.5, 0.6) is 0 Å². The van der Waals surface area contributed by atoms with Gasteiger partial charge in [0.2, 0.25) is 5.95 Å². The monoisotopic (exact) mass is 266 g/mol. The van der Waals surface area contributed by atoms with Gasteiger partial charge in [0.05, 0.1) is 12.9 Å². The summed E-state index contributed by atoms with van der Waals surface area (Å²) in [5.74, 6) is -0.454. The Kier molecular flexibility index (Phi) is 2.57. The molecule has 0 unspecified atom stereocenters. The van der Waals surface area contributed by atoms with Gasteiger partial charge in [0.15, 0.2) is 17.7 Å². The molecule has 2 aromatic rings. The molecule has 0 saturated heterocycles. The molecule has 0 spiro atoms. The van der Waals surface area contributed by atoms with Crippen molar-refractivity contribution >= 4 is 22.9 Å². The molecule has 5 N–H and O–H groups in total. The number of aliphatic hydroxyl groups is 1. The summed E-state index contributed by atoms with van der Waals surface area (Å²) >= 11 is 0. The van der Waals surface area contributed by atoms with E-state index in [1.165, 1.54) is 17.0 Å². The van der Waals surface area contributed by atoms with E-state index in [1.807, 2.05) is 0 Å². The fraction of sp³-hybridized carbons (Fsp3) is 0.300. The van der Waals surface area contributed by atoms with Gasteiger partial charge in [-0.25, -0.2) is 9.37 Å². The van der Waals surface area contributed by atoms with Gasteiger partial charge in [0, 0.05) is 0 Å². The summed E-state index contributed by atoms with van der Waals surface area (Å²) in [4.78, 5) is 11.8. The third kappa shape index (κ3) is 1.79. The van der Waals surface area contributed by atoms with Crippen LogP contribution in [0.3, 0.4) is 0 Å². The van der Waals surface area contributed by atoms with Crippen molar-refractivity contribution in [1.82, 2.24) is 19.5 Å². The van der Waals surface area contributed by atoms with E-state index in [0.717, 1.165) is 0 Å². The maximum absolute atomic E-state index is 13.8. The molecule has 0 amide bonds.